The zero-order valence-corrected chi connectivity index (χ0v) is 12.2. The number of hydrogen-bond donors (Lipinski definition) is 2. The van der Waals surface area contributed by atoms with Crippen molar-refractivity contribution in [1.82, 2.24) is 0 Å². The summed E-state index contributed by atoms with van der Waals surface area (Å²) in [6.07, 6.45) is 6.21. The van der Waals surface area contributed by atoms with E-state index < -0.39 is 5.41 Å². The second kappa shape index (κ2) is 6.04. The van der Waals surface area contributed by atoms with E-state index in [1.807, 2.05) is 25.1 Å². The van der Waals surface area contributed by atoms with Crippen LogP contribution in [0.5, 0.6) is 5.75 Å². The molecule has 0 aliphatic heterocycles. The summed E-state index contributed by atoms with van der Waals surface area (Å²) in [6, 6.07) is 6.88. The number of rotatable bonds is 4. The zero-order valence-electron chi connectivity index (χ0n) is 12.2. The first kappa shape index (κ1) is 15.2. The average Bonchev–Trinajstić information content (AvgIpc) is 2.48. The molecule has 21 heavy (non-hydrogen) atoms. The number of phenolic OH excluding ortho intramolecular Hbond substituents is 1. The van der Waals surface area contributed by atoms with Crippen LogP contribution in [0.25, 0.3) is 0 Å². The minimum atomic E-state index is -0.464. The van der Waals surface area contributed by atoms with Gasteiger partial charge in [-0.05, 0) is 42.2 Å². The summed E-state index contributed by atoms with van der Waals surface area (Å²) in [7, 11) is 1.38. The number of aliphatic hydroxyl groups excluding tert-OH is 1. The molecule has 4 heteroatoms. The molecule has 2 rings (SSSR count). The minimum Gasteiger partial charge on any atom is -0.508 e. The van der Waals surface area contributed by atoms with E-state index >= 15 is 0 Å². The lowest BCUT2D eigenvalue weighted by atomic mass is 9.67. The van der Waals surface area contributed by atoms with Gasteiger partial charge in [0, 0.05) is 5.41 Å². The number of aliphatic hydroxyl groups is 1. The number of ether oxygens (including phenoxy) is 1. The van der Waals surface area contributed by atoms with Crippen molar-refractivity contribution in [2.45, 2.75) is 25.2 Å². The van der Waals surface area contributed by atoms with Crippen molar-refractivity contribution in [3.05, 3.63) is 53.8 Å². The molecule has 0 aromatic heterocycles. The molecule has 2 atom stereocenters. The first-order valence-corrected chi connectivity index (χ1v) is 6.89. The third-order valence-corrected chi connectivity index (χ3v) is 4.16. The van der Waals surface area contributed by atoms with Crippen molar-refractivity contribution >= 4 is 5.97 Å². The third-order valence-electron chi connectivity index (χ3n) is 4.16. The first-order chi connectivity index (χ1) is 9.95. The Balaban J connectivity index is 2.37. The molecular formula is C17H20O4. The highest BCUT2D eigenvalue weighted by atomic mass is 16.5. The molecule has 1 aromatic rings. The molecule has 2 N–H and O–H groups in total. The van der Waals surface area contributed by atoms with Gasteiger partial charge in [0.25, 0.3) is 0 Å². The molecule has 1 aliphatic carbocycles. The summed E-state index contributed by atoms with van der Waals surface area (Å²) >= 11 is 0. The molecule has 0 radical (unpaired) electrons. The number of hydrogen-bond acceptors (Lipinski definition) is 4. The molecule has 1 aromatic carbocycles. The summed E-state index contributed by atoms with van der Waals surface area (Å²) in [6.45, 7) is 2.00. The van der Waals surface area contributed by atoms with Gasteiger partial charge in [-0.2, -0.15) is 0 Å². The highest BCUT2D eigenvalue weighted by Crippen LogP contribution is 2.40. The maximum absolute atomic E-state index is 11.8. The Hall–Kier alpha value is -2.23. The second-order valence-electron chi connectivity index (χ2n) is 5.55. The van der Waals surface area contributed by atoms with Crippen molar-refractivity contribution in [3.8, 4) is 5.75 Å². The number of methoxy groups -OCH3 is 1. The molecular weight excluding hydrogens is 268 g/mol. The topological polar surface area (TPSA) is 66.8 Å². The Morgan fingerprint density at radius 3 is 2.52 bits per heavy atom. The Labute approximate surface area is 124 Å². The number of phenols is 1. The monoisotopic (exact) mass is 288 g/mol. The van der Waals surface area contributed by atoms with E-state index in [0.717, 1.165) is 5.56 Å². The van der Waals surface area contributed by atoms with Gasteiger partial charge in [-0.3, -0.25) is 4.79 Å². The lowest BCUT2D eigenvalue weighted by Gasteiger charge is -2.36. The van der Waals surface area contributed by atoms with Crippen LogP contribution in [0.1, 0.15) is 25.3 Å². The maximum atomic E-state index is 11.8. The predicted octanol–water partition coefficient (Wildman–Crippen LogP) is 3.23. The lowest BCUT2D eigenvalue weighted by Crippen LogP contribution is -2.34. The van der Waals surface area contributed by atoms with Gasteiger partial charge in [0.15, 0.2) is 0 Å². The lowest BCUT2D eigenvalue weighted by molar-refractivity contribution is -0.142. The van der Waals surface area contributed by atoms with E-state index in [4.69, 9.17) is 4.74 Å². The van der Waals surface area contributed by atoms with E-state index in [1.165, 1.54) is 7.11 Å². The van der Waals surface area contributed by atoms with Gasteiger partial charge in [0.2, 0.25) is 0 Å². The summed E-state index contributed by atoms with van der Waals surface area (Å²) < 4.78 is 4.83. The van der Waals surface area contributed by atoms with Crippen molar-refractivity contribution < 1.29 is 19.7 Å². The molecule has 112 valence electrons. The number of benzene rings is 1. The van der Waals surface area contributed by atoms with Gasteiger partial charge in [-0.25, -0.2) is 0 Å². The summed E-state index contributed by atoms with van der Waals surface area (Å²) in [5, 5.41) is 18.9. The smallest absolute Gasteiger partial charge is 0.306 e. The van der Waals surface area contributed by atoms with Gasteiger partial charge >= 0.3 is 5.97 Å². The molecule has 0 saturated heterocycles. The van der Waals surface area contributed by atoms with Crippen molar-refractivity contribution in [3.63, 3.8) is 0 Å². The van der Waals surface area contributed by atoms with Crippen LogP contribution in [-0.2, 0) is 14.9 Å². The molecule has 4 nitrogen and oxygen atoms in total. The first-order valence-electron chi connectivity index (χ1n) is 6.89. The molecule has 0 fully saturated rings. The number of allylic oxidation sites excluding steroid dienone is 3. The molecule has 0 spiro atoms. The predicted molar refractivity (Wildman–Crippen MR) is 80.1 cm³/mol. The molecule has 1 aliphatic rings. The van der Waals surface area contributed by atoms with Crippen LogP contribution < -0.4 is 0 Å². The van der Waals surface area contributed by atoms with Crippen molar-refractivity contribution in [2.24, 2.45) is 5.92 Å². The molecule has 0 amide bonds. The fraction of sp³-hybridized carbons (Fsp3) is 0.353. The van der Waals surface area contributed by atoms with Crippen LogP contribution in [0, 0.1) is 5.92 Å². The summed E-state index contributed by atoms with van der Waals surface area (Å²) in [5.41, 5.74) is 0.490. The van der Waals surface area contributed by atoms with Gasteiger partial charge in [0.1, 0.15) is 11.5 Å². The normalized spacial score (nSPS) is 20.5. The number of carbonyl (C=O) groups is 1. The fourth-order valence-corrected chi connectivity index (χ4v) is 2.74. The van der Waals surface area contributed by atoms with Crippen LogP contribution in [0.3, 0.4) is 0 Å². The highest BCUT2D eigenvalue weighted by Gasteiger charge is 2.37. The van der Waals surface area contributed by atoms with E-state index in [2.05, 4.69) is 0 Å². The number of carbonyl (C=O) groups excluding carboxylic acids is 1. The van der Waals surface area contributed by atoms with Crippen LogP contribution in [-0.4, -0.2) is 23.3 Å². The Morgan fingerprint density at radius 1 is 1.33 bits per heavy atom. The van der Waals surface area contributed by atoms with E-state index in [9.17, 15) is 15.0 Å². The highest BCUT2D eigenvalue weighted by molar-refractivity contribution is 5.71. The fourth-order valence-electron chi connectivity index (χ4n) is 2.74. The standard InChI is InChI=1S/C17H20O4/c1-17(11-16(20)21-2,12-3-7-14(18)8-4-12)13-5-9-15(19)10-6-13/h3-5,7-10,13,18-19H,6,11H2,1-2H3. The molecule has 0 saturated carbocycles. The number of esters is 1. The quantitative estimate of drug-likeness (QED) is 0.835. The third kappa shape index (κ3) is 3.27. The molecule has 0 heterocycles. The van der Waals surface area contributed by atoms with Gasteiger partial charge in [0.05, 0.1) is 13.5 Å². The molecule has 0 bridgehead atoms. The Morgan fingerprint density at radius 2 is 2.00 bits per heavy atom. The van der Waals surface area contributed by atoms with Crippen LogP contribution in [0.2, 0.25) is 0 Å². The zero-order chi connectivity index (χ0) is 15.5. The largest absolute Gasteiger partial charge is 0.508 e. The van der Waals surface area contributed by atoms with Crippen molar-refractivity contribution in [2.75, 3.05) is 7.11 Å². The molecule has 2 unspecified atom stereocenters. The minimum absolute atomic E-state index is 0.0667. The average molecular weight is 288 g/mol. The van der Waals surface area contributed by atoms with Crippen LogP contribution in [0.4, 0.5) is 0 Å². The van der Waals surface area contributed by atoms with Gasteiger partial charge in [-0.15, -0.1) is 0 Å². The van der Waals surface area contributed by atoms with E-state index in [1.54, 1.807) is 24.3 Å². The SMILES string of the molecule is COC(=O)CC(C)(c1ccc(O)cc1)C1C=CC(O)=CC1. The number of aromatic hydroxyl groups is 1. The van der Waals surface area contributed by atoms with Crippen LogP contribution >= 0.6 is 0 Å². The summed E-state index contributed by atoms with van der Waals surface area (Å²) in [4.78, 5) is 11.8. The van der Waals surface area contributed by atoms with Crippen LogP contribution in [0.15, 0.2) is 48.3 Å². The van der Waals surface area contributed by atoms with E-state index in [-0.39, 0.29) is 29.8 Å². The maximum Gasteiger partial charge on any atom is 0.306 e. The van der Waals surface area contributed by atoms with Gasteiger partial charge in [-0.1, -0.05) is 25.1 Å². The second-order valence-corrected chi connectivity index (χ2v) is 5.55. The van der Waals surface area contributed by atoms with E-state index in [0.29, 0.717) is 6.42 Å². The van der Waals surface area contributed by atoms with Crippen molar-refractivity contribution in [1.29, 1.82) is 0 Å². The Bertz CT molecular complexity index is 571. The van der Waals surface area contributed by atoms with Gasteiger partial charge < -0.3 is 14.9 Å². The Kier molecular flexibility index (Phi) is 4.36. The summed E-state index contributed by atoms with van der Waals surface area (Å²) in [5.74, 6) is 0.225.